The average Bonchev–Trinajstić information content (AvgIpc) is 2.49. The summed E-state index contributed by atoms with van der Waals surface area (Å²) in [6.07, 6.45) is 15.4. The summed E-state index contributed by atoms with van der Waals surface area (Å²) in [5, 5.41) is 0. The van der Waals surface area contributed by atoms with Crippen LogP contribution in [0.5, 0.6) is 0 Å². The summed E-state index contributed by atoms with van der Waals surface area (Å²) in [5.74, 6) is 0. The van der Waals surface area contributed by atoms with Gasteiger partial charge in [0.2, 0.25) is 0 Å². The van der Waals surface area contributed by atoms with Crippen LogP contribution in [-0.4, -0.2) is 25.5 Å². The molecule has 0 atom stereocenters. The monoisotopic (exact) mass is 309 g/mol. The van der Waals surface area contributed by atoms with Gasteiger partial charge in [-0.3, -0.25) is 4.70 Å². The number of hydrogen-bond donors (Lipinski definition) is 0. The number of aryl methyl sites for hydroxylation is 1. The first-order valence-electron chi connectivity index (χ1n) is 8.97. The van der Waals surface area contributed by atoms with Crippen LogP contribution >= 0.6 is 0 Å². The fraction of sp³-hybridized carbons (Fsp3) is 0.700. The second kappa shape index (κ2) is 15.0. The van der Waals surface area contributed by atoms with Crippen molar-refractivity contribution in [2.45, 2.75) is 70.6 Å². The van der Waals surface area contributed by atoms with Crippen molar-refractivity contribution in [3.63, 3.8) is 0 Å². The molecule has 0 radical (unpaired) electrons. The Balaban J connectivity index is 0.00000441. The van der Waals surface area contributed by atoms with Crippen molar-refractivity contribution >= 4 is 0 Å². The van der Waals surface area contributed by atoms with Crippen molar-refractivity contribution in [3.05, 3.63) is 35.9 Å². The largest absolute Gasteiger partial charge is 0.309 e. The van der Waals surface area contributed by atoms with Crippen molar-refractivity contribution in [2.24, 2.45) is 0 Å². The van der Waals surface area contributed by atoms with Gasteiger partial charge in [-0.25, -0.2) is 0 Å². The molecule has 0 aliphatic carbocycles. The molecule has 128 valence electrons. The van der Waals surface area contributed by atoms with E-state index in [4.69, 9.17) is 0 Å². The Hall–Kier alpha value is -0.890. The summed E-state index contributed by atoms with van der Waals surface area (Å²) >= 11 is 0. The first-order valence-corrected chi connectivity index (χ1v) is 8.97. The zero-order chi connectivity index (χ0) is 15.2. The summed E-state index contributed by atoms with van der Waals surface area (Å²) in [6.45, 7) is 1.25. The number of unbranched alkanes of at least 4 members (excludes halogenated alkanes) is 9. The van der Waals surface area contributed by atoms with Crippen molar-refractivity contribution in [2.75, 3.05) is 20.6 Å². The number of rotatable bonds is 13. The van der Waals surface area contributed by atoms with Crippen LogP contribution in [0.15, 0.2) is 30.3 Å². The Morgan fingerprint density at radius 1 is 0.636 bits per heavy atom. The smallest absolute Gasteiger partial charge is 0.00248 e. The van der Waals surface area contributed by atoms with Crippen LogP contribution < -0.4 is 0 Å². The van der Waals surface area contributed by atoms with E-state index in [1.165, 1.54) is 82.7 Å². The van der Waals surface area contributed by atoms with E-state index in [-0.39, 0.29) is 4.70 Å². The molecule has 0 heterocycles. The van der Waals surface area contributed by atoms with Gasteiger partial charge >= 0.3 is 0 Å². The van der Waals surface area contributed by atoms with E-state index >= 15 is 0 Å². The van der Waals surface area contributed by atoms with E-state index < -0.39 is 0 Å². The number of nitrogens with zero attached hydrogens (tertiary/aromatic N) is 1. The lowest BCUT2D eigenvalue weighted by molar-refractivity contribution is 0.389. The van der Waals surface area contributed by atoms with Gasteiger partial charge in [0.1, 0.15) is 0 Å². The van der Waals surface area contributed by atoms with E-state index in [1.807, 2.05) is 0 Å². The van der Waals surface area contributed by atoms with Crippen LogP contribution in [0.1, 0.15) is 69.8 Å². The third kappa shape index (κ3) is 12.8. The van der Waals surface area contributed by atoms with Crippen molar-refractivity contribution < 1.29 is 4.70 Å². The first kappa shape index (κ1) is 21.1. The fourth-order valence-corrected chi connectivity index (χ4v) is 2.82. The first-order chi connectivity index (χ1) is 10.3. The van der Waals surface area contributed by atoms with Crippen LogP contribution in [0.25, 0.3) is 0 Å². The summed E-state index contributed by atoms with van der Waals surface area (Å²) in [6, 6.07) is 10.9. The Morgan fingerprint density at radius 3 is 1.59 bits per heavy atom. The van der Waals surface area contributed by atoms with Crippen molar-refractivity contribution in [1.82, 2.24) is 4.90 Å². The Labute approximate surface area is 137 Å². The maximum atomic E-state index is 2.29. The summed E-state index contributed by atoms with van der Waals surface area (Å²) < 4.78 is 0. The molecule has 1 nitrogen and oxygen atoms in total. The average molecular weight is 310 g/mol. The van der Waals surface area contributed by atoms with Gasteiger partial charge < -0.3 is 4.90 Å². The minimum atomic E-state index is 0. The number of halogens is 1. The van der Waals surface area contributed by atoms with Crippen molar-refractivity contribution in [1.29, 1.82) is 0 Å². The molecule has 0 aromatic heterocycles. The van der Waals surface area contributed by atoms with Gasteiger partial charge in [-0.1, -0.05) is 81.7 Å². The van der Waals surface area contributed by atoms with Crippen LogP contribution in [0.3, 0.4) is 0 Å². The summed E-state index contributed by atoms with van der Waals surface area (Å²) in [5.41, 5.74) is 1.50. The van der Waals surface area contributed by atoms with Gasteiger partial charge in [0, 0.05) is 0 Å². The summed E-state index contributed by atoms with van der Waals surface area (Å²) in [7, 11) is 4.33. The molecule has 1 aromatic carbocycles. The van der Waals surface area contributed by atoms with Gasteiger partial charge in [0.25, 0.3) is 0 Å². The molecule has 0 saturated carbocycles. The minimum Gasteiger partial charge on any atom is -0.309 e. The van der Waals surface area contributed by atoms with E-state index in [2.05, 4.69) is 49.3 Å². The highest BCUT2D eigenvalue weighted by Gasteiger charge is 1.95. The Bertz CT molecular complexity index is 324. The van der Waals surface area contributed by atoms with E-state index in [1.54, 1.807) is 0 Å². The number of hydrogen-bond acceptors (Lipinski definition) is 1. The molecule has 0 bridgehead atoms. The third-order valence-corrected chi connectivity index (χ3v) is 4.16. The van der Waals surface area contributed by atoms with E-state index in [0.717, 1.165) is 0 Å². The second-order valence-electron chi connectivity index (χ2n) is 6.57. The second-order valence-corrected chi connectivity index (χ2v) is 6.57. The standard InChI is InChI=1S/C20H35N.FH/c1-21(2)19-15-10-8-6-4-3-5-7-9-12-16-20-17-13-11-14-18-20;/h11,13-14,17-18H,3-10,12,15-16,19H2,1-2H3;1H. The van der Waals surface area contributed by atoms with Crippen LogP contribution in [0.4, 0.5) is 4.70 Å². The molecule has 1 rings (SSSR count). The molecule has 0 N–H and O–H groups in total. The SMILES string of the molecule is CN(C)CCCCCCCCCCCCc1ccccc1.F. The lowest BCUT2D eigenvalue weighted by Crippen LogP contribution is -2.12. The van der Waals surface area contributed by atoms with Gasteiger partial charge in [-0.05, 0) is 45.5 Å². The van der Waals surface area contributed by atoms with Crippen LogP contribution in [0.2, 0.25) is 0 Å². The highest BCUT2D eigenvalue weighted by molar-refractivity contribution is 5.14. The maximum Gasteiger partial charge on any atom is -0.00248 e. The fourth-order valence-electron chi connectivity index (χ4n) is 2.82. The molecule has 0 unspecified atom stereocenters. The highest BCUT2D eigenvalue weighted by Crippen LogP contribution is 2.12. The van der Waals surface area contributed by atoms with Gasteiger partial charge in [0.15, 0.2) is 0 Å². The normalized spacial score (nSPS) is 10.7. The molecule has 2 heteroatoms. The van der Waals surface area contributed by atoms with Gasteiger partial charge in [-0.15, -0.1) is 0 Å². The molecular weight excluding hydrogens is 273 g/mol. The maximum absolute atomic E-state index is 2.29. The number of benzene rings is 1. The lowest BCUT2D eigenvalue weighted by atomic mass is 10.0. The zero-order valence-corrected chi connectivity index (χ0v) is 14.7. The topological polar surface area (TPSA) is 3.24 Å². The molecule has 0 aliphatic heterocycles. The molecule has 0 aliphatic rings. The Kier molecular flexibility index (Phi) is 14.4. The predicted octanol–water partition coefficient (Wildman–Crippen LogP) is 5.84. The van der Waals surface area contributed by atoms with Crippen LogP contribution in [0, 0.1) is 0 Å². The molecule has 0 fully saturated rings. The highest BCUT2D eigenvalue weighted by atomic mass is 19.0. The lowest BCUT2D eigenvalue weighted by Gasteiger charge is -2.08. The molecule has 0 amide bonds. The van der Waals surface area contributed by atoms with Gasteiger partial charge in [-0.2, -0.15) is 0 Å². The van der Waals surface area contributed by atoms with Crippen LogP contribution in [-0.2, 0) is 6.42 Å². The van der Waals surface area contributed by atoms with Crippen molar-refractivity contribution in [3.8, 4) is 0 Å². The predicted molar refractivity (Wildman–Crippen MR) is 97.4 cm³/mol. The van der Waals surface area contributed by atoms with E-state index in [9.17, 15) is 0 Å². The summed E-state index contributed by atoms with van der Waals surface area (Å²) in [4.78, 5) is 2.29. The Morgan fingerprint density at radius 2 is 1.09 bits per heavy atom. The molecule has 1 aromatic rings. The zero-order valence-electron chi connectivity index (χ0n) is 14.7. The quantitative estimate of drug-likeness (QED) is 0.413. The molecule has 0 spiro atoms. The molecule has 0 saturated heterocycles. The molecule has 22 heavy (non-hydrogen) atoms. The minimum absolute atomic E-state index is 0. The molecular formula is C20H36FN. The third-order valence-electron chi connectivity index (χ3n) is 4.16. The van der Waals surface area contributed by atoms with E-state index in [0.29, 0.717) is 0 Å². The van der Waals surface area contributed by atoms with Gasteiger partial charge in [0.05, 0.1) is 0 Å².